The van der Waals surface area contributed by atoms with Crippen molar-refractivity contribution in [3.63, 3.8) is 0 Å². The SMILES string of the molecule is COC(=O)c1cccc(Nc2ccccc2SC)c1N. The first-order valence-corrected chi connectivity index (χ1v) is 7.26. The minimum Gasteiger partial charge on any atom is -0.465 e. The van der Waals surface area contributed by atoms with Gasteiger partial charge in [0.15, 0.2) is 0 Å². The standard InChI is InChI=1S/C15H16N2O2S/c1-19-15(18)10-6-5-8-12(14(10)16)17-11-7-3-4-9-13(11)20-2/h3-9,17H,16H2,1-2H3. The lowest BCUT2D eigenvalue weighted by Gasteiger charge is -2.14. The van der Waals surface area contributed by atoms with Crippen molar-refractivity contribution in [2.24, 2.45) is 0 Å². The third-order valence-electron chi connectivity index (χ3n) is 2.89. The average Bonchev–Trinajstić information content (AvgIpc) is 2.49. The number of nitrogens with one attached hydrogen (secondary N) is 1. The molecule has 2 aromatic rings. The molecule has 0 aliphatic carbocycles. The Kier molecular flexibility index (Phi) is 4.53. The molecular weight excluding hydrogens is 272 g/mol. The van der Waals surface area contributed by atoms with E-state index in [1.807, 2.05) is 36.6 Å². The molecule has 0 saturated heterocycles. The number of para-hydroxylation sites is 2. The zero-order valence-electron chi connectivity index (χ0n) is 11.3. The highest BCUT2D eigenvalue weighted by atomic mass is 32.2. The van der Waals surface area contributed by atoms with Gasteiger partial charge in [-0.15, -0.1) is 11.8 Å². The van der Waals surface area contributed by atoms with Crippen molar-refractivity contribution in [1.82, 2.24) is 0 Å². The maximum Gasteiger partial charge on any atom is 0.340 e. The number of nitrogens with two attached hydrogens (primary N) is 1. The molecule has 0 amide bonds. The number of carbonyl (C=O) groups is 1. The van der Waals surface area contributed by atoms with E-state index in [0.717, 1.165) is 10.6 Å². The number of carbonyl (C=O) groups excluding carboxylic acids is 1. The van der Waals surface area contributed by atoms with E-state index in [9.17, 15) is 4.79 Å². The minimum absolute atomic E-state index is 0.360. The summed E-state index contributed by atoms with van der Waals surface area (Å²) in [5.41, 5.74) is 8.42. The molecular formula is C15H16N2O2S. The summed E-state index contributed by atoms with van der Waals surface area (Å²) in [6, 6.07) is 13.2. The van der Waals surface area contributed by atoms with Gasteiger partial charge < -0.3 is 15.8 Å². The summed E-state index contributed by atoms with van der Waals surface area (Å²) in [7, 11) is 1.34. The fourth-order valence-electron chi connectivity index (χ4n) is 1.86. The lowest BCUT2D eigenvalue weighted by atomic mass is 10.1. The summed E-state index contributed by atoms with van der Waals surface area (Å²) in [6.45, 7) is 0. The molecule has 104 valence electrons. The number of nitrogen functional groups attached to an aromatic ring is 1. The van der Waals surface area contributed by atoms with Gasteiger partial charge in [0.2, 0.25) is 0 Å². The maximum absolute atomic E-state index is 11.6. The van der Waals surface area contributed by atoms with E-state index in [-0.39, 0.29) is 0 Å². The number of benzene rings is 2. The number of thioether (sulfide) groups is 1. The smallest absolute Gasteiger partial charge is 0.340 e. The largest absolute Gasteiger partial charge is 0.465 e. The first kappa shape index (κ1) is 14.3. The zero-order chi connectivity index (χ0) is 14.5. The summed E-state index contributed by atoms with van der Waals surface area (Å²) in [6.07, 6.45) is 2.01. The van der Waals surface area contributed by atoms with Crippen LogP contribution in [0.2, 0.25) is 0 Å². The molecule has 20 heavy (non-hydrogen) atoms. The van der Waals surface area contributed by atoms with Crippen LogP contribution in [-0.4, -0.2) is 19.3 Å². The monoisotopic (exact) mass is 288 g/mol. The number of esters is 1. The van der Waals surface area contributed by atoms with Gasteiger partial charge in [-0.05, 0) is 30.5 Å². The summed E-state index contributed by atoms with van der Waals surface area (Å²) >= 11 is 1.64. The van der Waals surface area contributed by atoms with Crippen LogP contribution in [0.4, 0.5) is 17.1 Å². The van der Waals surface area contributed by atoms with Gasteiger partial charge in [0, 0.05) is 4.90 Å². The highest BCUT2D eigenvalue weighted by molar-refractivity contribution is 7.98. The first-order chi connectivity index (χ1) is 9.67. The van der Waals surface area contributed by atoms with Crippen molar-refractivity contribution in [2.75, 3.05) is 24.4 Å². The molecule has 0 aliphatic heterocycles. The first-order valence-electron chi connectivity index (χ1n) is 6.04. The second-order valence-corrected chi connectivity index (χ2v) is 4.93. The molecule has 4 nitrogen and oxygen atoms in total. The molecule has 0 atom stereocenters. The molecule has 2 aromatic carbocycles. The molecule has 0 aromatic heterocycles. The minimum atomic E-state index is -0.440. The van der Waals surface area contributed by atoms with E-state index in [1.165, 1.54) is 7.11 Å². The molecule has 0 saturated carbocycles. The van der Waals surface area contributed by atoms with Gasteiger partial charge in [-0.25, -0.2) is 4.79 Å². The highest BCUT2D eigenvalue weighted by Crippen LogP contribution is 2.31. The van der Waals surface area contributed by atoms with E-state index in [2.05, 4.69) is 5.32 Å². The Morgan fingerprint density at radius 2 is 1.85 bits per heavy atom. The lowest BCUT2D eigenvalue weighted by Crippen LogP contribution is -2.07. The molecule has 0 bridgehead atoms. The molecule has 0 aliphatic rings. The van der Waals surface area contributed by atoms with Crippen molar-refractivity contribution < 1.29 is 9.53 Å². The molecule has 0 radical (unpaired) electrons. The zero-order valence-corrected chi connectivity index (χ0v) is 12.2. The average molecular weight is 288 g/mol. The van der Waals surface area contributed by atoms with Crippen molar-refractivity contribution in [3.8, 4) is 0 Å². The summed E-state index contributed by atoms with van der Waals surface area (Å²) in [5.74, 6) is -0.440. The van der Waals surface area contributed by atoms with E-state index in [0.29, 0.717) is 16.9 Å². The normalized spacial score (nSPS) is 10.1. The van der Waals surface area contributed by atoms with Crippen LogP contribution in [0.1, 0.15) is 10.4 Å². The molecule has 0 heterocycles. The van der Waals surface area contributed by atoms with Crippen LogP contribution in [0.15, 0.2) is 47.4 Å². The van der Waals surface area contributed by atoms with Crippen molar-refractivity contribution >= 4 is 34.8 Å². The van der Waals surface area contributed by atoms with Gasteiger partial charge in [-0.3, -0.25) is 0 Å². The predicted octanol–water partition coefficient (Wildman–Crippen LogP) is 3.52. The van der Waals surface area contributed by atoms with Gasteiger partial charge in [0.1, 0.15) is 0 Å². The van der Waals surface area contributed by atoms with Gasteiger partial charge in [0.05, 0.1) is 29.7 Å². The number of methoxy groups -OCH3 is 1. The Balaban J connectivity index is 2.37. The predicted molar refractivity (Wildman–Crippen MR) is 83.7 cm³/mol. The van der Waals surface area contributed by atoms with Crippen LogP contribution in [0.25, 0.3) is 0 Å². The van der Waals surface area contributed by atoms with Gasteiger partial charge >= 0.3 is 5.97 Å². The van der Waals surface area contributed by atoms with E-state index in [1.54, 1.807) is 23.9 Å². The van der Waals surface area contributed by atoms with Crippen LogP contribution in [-0.2, 0) is 4.74 Å². The van der Waals surface area contributed by atoms with Crippen molar-refractivity contribution in [1.29, 1.82) is 0 Å². The molecule has 3 N–H and O–H groups in total. The molecule has 0 unspecified atom stereocenters. The van der Waals surface area contributed by atoms with Crippen LogP contribution in [0.3, 0.4) is 0 Å². The lowest BCUT2D eigenvalue weighted by molar-refractivity contribution is 0.0602. The number of hydrogen-bond donors (Lipinski definition) is 2. The topological polar surface area (TPSA) is 64.3 Å². The quantitative estimate of drug-likeness (QED) is 0.512. The third-order valence-corrected chi connectivity index (χ3v) is 3.68. The van der Waals surface area contributed by atoms with Crippen LogP contribution < -0.4 is 11.1 Å². The molecule has 5 heteroatoms. The maximum atomic E-state index is 11.6. The number of ether oxygens (including phenoxy) is 1. The van der Waals surface area contributed by atoms with E-state index >= 15 is 0 Å². The van der Waals surface area contributed by atoms with E-state index < -0.39 is 5.97 Å². The van der Waals surface area contributed by atoms with Crippen LogP contribution in [0.5, 0.6) is 0 Å². The Morgan fingerprint density at radius 3 is 2.55 bits per heavy atom. The molecule has 2 rings (SSSR count). The highest BCUT2D eigenvalue weighted by Gasteiger charge is 2.13. The Bertz CT molecular complexity index is 629. The van der Waals surface area contributed by atoms with Crippen LogP contribution >= 0.6 is 11.8 Å². The second-order valence-electron chi connectivity index (χ2n) is 4.08. The summed E-state index contributed by atoms with van der Waals surface area (Å²) in [5, 5.41) is 3.26. The van der Waals surface area contributed by atoms with Gasteiger partial charge in [-0.1, -0.05) is 18.2 Å². The summed E-state index contributed by atoms with van der Waals surface area (Å²) in [4.78, 5) is 12.7. The fourth-order valence-corrected chi connectivity index (χ4v) is 2.41. The molecule has 0 spiro atoms. The number of rotatable bonds is 4. The Hall–Kier alpha value is -2.14. The van der Waals surface area contributed by atoms with Gasteiger partial charge in [-0.2, -0.15) is 0 Å². The Morgan fingerprint density at radius 1 is 1.15 bits per heavy atom. The van der Waals surface area contributed by atoms with Crippen molar-refractivity contribution in [2.45, 2.75) is 4.90 Å². The second kappa shape index (κ2) is 6.34. The fraction of sp³-hybridized carbons (Fsp3) is 0.133. The Labute approximate surface area is 122 Å². The van der Waals surface area contributed by atoms with Crippen molar-refractivity contribution in [3.05, 3.63) is 48.0 Å². The number of hydrogen-bond acceptors (Lipinski definition) is 5. The summed E-state index contributed by atoms with van der Waals surface area (Å²) < 4.78 is 4.72. The molecule has 0 fully saturated rings. The number of anilines is 3. The van der Waals surface area contributed by atoms with Crippen LogP contribution in [0, 0.1) is 0 Å². The third kappa shape index (κ3) is 2.88. The van der Waals surface area contributed by atoms with Gasteiger partial charge in [0.25, 0.3) is 0 Å². The van der Waals surface area contributed by atoms with E-state index in [4.69, 9.17) is 10.5 Å².